The predicted octanol–water partition coefficient (Wildman–Crippen LogP) is 3.09. The van der Waals surface area contributed by atoms with Crippen molar-refractivity contribution in [3.8, 4) is 10.6 Å². The Balaban J connectivity index is 1.52. The third-order valence-electron chi connectivity index (χ3n) is 3.05. The van der Waals surface area contributed by atoms with E-state index < -0.39 is 6.10 Å². The fourth-order valence-electron chi connectivity index (χ4n) is 1.94. The molecule has 0 saturated carbocycles. The van der Waals surface area contributed by atoms with E-state index in [-0.39, 0.29) is 0 Å². The molecule has 2 N–H and O–H groups in total. The van der Waals surface area contributed by atoms with Crippen molar-refractivity contribution in [3.05, 3.63) is 58.0 Å². The van der Waals surface area contributed by atoms with Gasteiger partial charge in [0, 0.05) is 47.5 Å². The monoisotopic (exact) mass is 317 g/mol. The van der Waals surface area contributed by atoms with E-state index in [1.165, 1.54) is 5.56 Å². The van der Waals surface area contributed by atoms with Gasteiger partial charge in [-0.3, -0.25) is 4.98 Å². The van der Waals surface area contributed by atoms with Gasteiger partial charge in [0.1, 0.15) is 5.01 Å². The molecule has 0 aliphatic rings. The molecule has 3 aromatic rings. The van der Waals surface area contributed by atoms with E-state index in [0.717, 1.165) is 15.4 Å². The first-order chi connectivity index (χ1) is 10.3. The van der Waals surface area contributed by atoms with Crippen molar-refractivity contribution in [2.75, 3.05) is 6.54 Å². The Kier molecular flexibility index (Phi) is 4.72. The van der Waals surface area contributed by atoms with E-state index in [1.54, 1.807) is 35.1 Å². The minimum Gasteiger partial charge on any atom is -0.387 e. The van der Waals surface area contributed by atoms with Crippen molar-refractivity contribution < 1.29 is 5.11 Å². The quantitative estimate of drug-likeness (QED) is 0.733. The number of thiazole rings is 1. The molecule has 0 aromatic carbocycles. The third kappa shape index (κ3) is 3.74. The van der Waals surface area contributed by atoms with Crippen LogP contribution in [-0.2, 0) is 6.54 Å². The fourth-order valence-corrected chi connectivity index (χ4v) is 3.54. The van der Waals surface area contributed by atoms with Crippen molar-refractivity contribution in [1.29, 1.82) is 0 Å². The van der Waals surface area contributed by atoms with Crippen LogP contribution in [0.1, 0.15) is 16.5 Å². The van der Waals surface area contributed by atoms with Crippen LogP contribution in [-0.4, -0.2) is 21.6 Å². The molecule has 0 fully saturated rings. The summed E-state index contributed by atoms with van der Waals surface area (Å²) in [7, 11) is 0. The predicted molar refractivity (Wildman–Crippen MR) is 86.3 cm³/mol. The molecule has 0 saturated heterocycles. The first-order valence-electron chi connectivity index (χ1n) is 6.59. The molecular weight excluding hydrogens is 302 g/mol. The van der Waals surface area contributed by atoms with Gasteiger partial charge in [0.25, 0.3) is 0 Å². The van der Waals surface area contributed by atoms with Crippen LogP contribution >= 0.6 is 22.7 Å². The number of nitrogens with one attached hydrogen (secondary N) is 1. The van der Waals surface area contributed by atoms with Gasteiger partial charge in [0.05, 0.1) is 6.10 Å². The molecule has 21 heavy (non-hydrogen) atoms. The van der Waals surface area contributed by atoms with E-state index in [0.29, 0.717) is 13.1 Å². The van der Waals surface area contributed by atoms with Crippen molar-refractivity contribution in [3.63, 3.8) is 0 Å². The summed E-state index contributed by atoms with van der Waals surface area (Å²) in [6.07, 6.45) is 4.75. The zero-order valence-corrected chi connectivity index (χ0v) is 12.9. The minimum absolute atomic E-state index is 0.510. The average Bonchev–Trinajstić information content (AvgIpc) is 3.19. The highest BCUT2D eigenvalue weighted by Gasteiger charge is 2.08. The Morgan fingerprint density at radius 1 is 1.24 bits per heavy atom. The number of hydrogen-bond acceptors (Lipinski definition) is 6. The number of aliphatic hydroxyl groups excluding tert-OH is 1. The van der Waals surface area contributed by atoms with Crippen LogP contribution < -0.4 is 5.32 Å². The molecule has 3 rings (SSSR count). The Labute approximate surface area is 131 Å². The normalized spacial score (nSPS) is 12.4. The maximum absolute atomic E-state index is 10.1. The van der Waals surface area contributed by atoms with Crippen LogP contribution in [0.2, 0.25) is 0 Å². The molecule has 3 aromatic heterocycles. The van der Waals surface area contributed by atoms with Crippen LogP contribution in [0.15, 0.2) is 47.5 Å². The summed E-state index contributed by atoms with van der Waals surface area (Å²) in [5.74, 6) is 0. The topological polar surface area (TPSA) is 58.0 Å². The highest BCUT2D eigenvalue weighted by molar-refractivity contribution is 7.15. The van der Waals surface area contributed by atoms with Gasteiger partial charge >= 0.3 is 0 Å². The third-order valence-corrected chi connectivity index (χ3v) is 4.78. The van der Waals surface area contributed by atoms with E-state index >= 15 is 0 Å². The number of nitrogens with zero attached hydrogens (tertiary/aromatic N) is 2. The number of aliphatic hydroxyl groups is 1. The van der Waals surface area contributed by atoms with Gasteiger partial charge in [0.15, 0.2) is 0 Å². The van der Waals surface area contributed by atoms with Gasteiger partial charge in [-0.25, -0.2) is 4.98 Å². The Bertz CT molecular complexity index is 667. The van der Waals surface area contributed by atoms with Crippen molar-refractivity contribution in [2.45, 2.75) is 12.6 Å². The van der Waals surface area contributed by atoms with Crippen LogP contribution in [0, 0.1) is 0 Å². The molecule has 0 radical (unpaired) electrons. The number of thiophene rings is 1. The van der Waals surface area contributed by atoms with Gasteiger partial charge in [-0.15, -0.1) is 11.3 Å². The standard InChI is InChI=1S/C15H15N3OS2/c19-14(11-1-4-16-5-2-11)9-17-7-13-8-18-15(21-13)12-3-6-20-10-12/h1-6,8,10,14,17,19H,7,9H2. The summed E-state index contributed by atoms with van der Waals surface area (Å²) in [6.45, 7) is 1.22. The molecule has 1 unspecified atom stereocenters. The smallest absolute Gasteiger partial charge is 0.124 e. The number of aromatic nitrogens is 2. The lowest BCUT2D eigenvalue weighted by atomic mass is 10.1. The van der Waals surface area contributed by atoms with Gasteiger partial charge in [-0.05, 0) is 29.1 Å². The highest BCUT2D eigenvalue weighted by Crippen LogP contribution is 2.26. The van der Waals surface area contributed by atoms with Crippen molar-refractivity contribution in [1.82, 2.24) is 15.3 Å². The number of pyridine rings is 1. The van der Waals surface area contributed by atoms with Crippen LogP contribution in [0.5, 0.6) is 0 Å². The first kappa shape index (κ1) is 14.3. The molecule has 0 spiro atoms. The molecule has 3 heterocycles. The van der Waals surface area contributed by atoms with Gasteiger partial charge in [-0.1, -0.05) is 0 Å². The summed E-state index contributed by atoms with van der Waals surface area (Å²) in [5, 5.41) is 18.5. The largest absolute Gasteiger partial charge is 0.387 e. The molecule has 108 valence electrons. The highest BCUT2D eigenvalue weighted by atomic mass is 32.1. The molecule has 0 amide bonds. The Morgan fingerprint density at radius 2 is 2.10 bits per heavy atom. The SMILES string of the molecule is OC(CNCc1cnc(-c2ccsc2)s1)c1ccncc1. The van der Waals surface area contributed by atoms with Crippen LogP contribution in [0.25, 0.3) is 10.6 Å². The fraction of sp³-hybridized carbons (Fsp3) is 0.200. The second kappa shape index (κ2) is 6.91. The van der Waals surface area contributed by atoms with E-state index in [1.807, 2.05) is 18.3 Å². The molecular formula is C15H15N3OS2. The number of rotatable bonds is 6. The summed E-state index contributed by atoms with van der Waals surface area (Å²) < 4.78 is 0. The van der Waals surface area contributed by atoms with Crippen molar-refractivity contribution >= 4 is 22.7 Å². The number of hydrogen-bond donors (Lipinski definition) is 2. The van der Waals surface area contributed by atoms with E-state index in [9.17, 15) is 5.11 Å². The lowest BCUT2D eigenvalue weighted by molar-refractivity contribution is 0.174. The summed E-state index contributed by atoms with van der Waals surface area (Å²) >= 11 is 3.36. The van der Waals surface area contributed by atoms with E-state index in [4.69, 9.17) is 0 Å². The summed E-state index contributed by atoms with van der Waals surface area (Å²) in [5.41, 5.74) is 2.05. The second-order valence-electron chi connectivity index (χ2n) is 4.57. The van der Waals surface area contributed by atoms with Crippen LogP contribution in [0.3, 0.4) is 0 Å². The molecule has 0 aliphatic carbocycles. The maximum Gasteiger partial charge on any atom is 0.124 e. The second-order valence-corrected chi connectivity index (χ2v) is 6.47. The lowest BCUT2D eigenvalue weighted by Crippen LogP contribution is -2.20. The maximum atomic E-state index is 10.1. The summed E-state index contributed by atoms with van der Waals surface area (Å²) in [4.78, 5) is 9.54. The van der Waals surface area contributed by atoms with Crippen LogP contribution in [0.4, 0.5) is 0 Å². The zero-order valence-electron chi connectivity index (χ0n) is 11.3. The summed E-state index contributed by atoms with van der Waals surface area (Å²) in [6, 6.07) is 5.73. The molecule has 0 bridgehead atoms. The Hall–Kier alpha value is -1.60. The van der Waals surface area contributed by atoms with E-state index in [2.05, 4.69) is 32.1 Å². The molecule has 6 heteroatoms. The molecule has 4 nitrogen and oxygen atoms in total. The van der Waals surface area contributed by atoms with Gasteiger partial charge in [0.2, 0.25) is 0 Å². The van der Waals surface area contributed by atoms with Crippen molar-refractivity contribution in [2.24, 2.45) is 0 Å². The minimum atomic E-state index is -0.516. The lowest BCUT2D eigenvalue weighted by Gasteiger charge is -2.11. The molecule has 1 atom stereocenters. The molecule has 0 aliphatic heterocycles. The zero-order chi connectivity index (χ0) is 14.5. The average molecular weight is 317 g/mol. The van der Waals surface area contributed by atoms with Gasteiger partial charge < -0.3 is 10.4 Å². The first-order valence-corrected chi connectivity index (χ1v) is 8.35. The van der Waals surface area contributed by atoms with Gasteiger partial charge in [-0.2, -0.15) is 11.3 Å². The Morgan fingerprint density at radius 3 is 2.86 bits per heavy atom.